The van der Waals surface area contributed by atoms with Gasteiger partial charge in [0, 0.05) is 11.5 Å². The summed E-state index contributed by atoms with van der Waals surface area (Å²) in [5, 5.41) is 0.197. The number of carbonyl (C=O) groups is 1. The van der Waals surface area contributed by atoms with Crippen LogP contribution in [0.4, 0.5) is 5.69 Å². The summed E-state index contributed by atoms with van der Waals surface area (Å²) in [4.78, 5) is 22.6. The number of nitrogens with two attached hydrogens (primary N) is 2. The molecule has 2 rings (SSSR count). The van der Waals surface area contributed by atoms with Gasteiger partial charge in [0.2, 0.25) is 5.91 Å². The minimum Gasteiger partial charge on any atom is -0.744 e. The van der Waals surface area contributed by atoms with Gasteiger partial charge < -0.3 is 14.7 Å². The van der Waals surface area contributed by atoms with Crippen LogP contribution in [0, 0.1) is 6.92 Å². The zero-order valence-corrected chi connectivity index (χ0v) is 15.2. The molecule has 118 valence electrons. The van der Waals surface area contributed by atoms with Crippen molar-refractivity contribution in [3.63, 3.8) is 0 Å². The predicted molar refractivity (Wildman–Crippen MR) is 75.6 cm³/mol. The van der Waals surface area contributed by atoms with Crippen molar-refractivity contribution in [1.29, 1.82) is 0 Å². The third-order valence-electron chi connectivity index (χ3n) is 3.19. The van der Waals surface area contributed by atoms with Crippen LogP contribution in [-0.4, -0.2) is 18.9 Å². The molecule has 2 aromatic rings. The average molecular weight is 349 g/mol. The van der Waals surface area contributed by atoms with Crippen LogP contribution < -0.4 is 52.2 Å². The summed E-state index contributed by atoms with van der Waals surface area (Å²) >= 11 is 0. The molecule has 1 aromatic heterocycles. The number of hydrogen-bond acceptors (Lipinski definition) is 8. The first-order valence-electron chi connectivity index (χ1n) is 5.96. The van der Waals surface area contributed by atoms with Crippen LogP contribution in [0.2, 0.25) is 0 Å². The van der Waals surface area contributed by atoms with Crippen molar-refractivity contribution in [3.05, 3.63) is 33.7 Å². The van der Waals surface area contributed by atoms with Gasteiger partial charge in [-0.3, -0.25) is 10.2 Å². The van der Waals surface area contributed by atoms with E-state index in [1.165, 1.54) is 6.92 Å². The van der Waals surface area contributed by atoms with Crippen molar-refractivity contribution in [1.82, 2.24) is 5.43 Å². The van der Waals surface area contributed by atoms with Crippen LogP contribution >= 0.6 is 0 Å². The maximum Gasteiger partial charge on any atom is 1.00 e. The number of carbonyl (C=O) groups excluding carboxylic acids is 1. The van der Waals surface area contributed by atoms with Crippen LogP contribution in [-0.2, 0) is 21.3 Å². The number of nitrogen functional groups attached to an aromatic ring is 1. The standard InChI is InChI=1S/C12H13N3O6S.Na/c1-5-6-2-10(22(18,19)20)8(13)4-9(6)21-12(17)7(5)3-11(16)15-14;/h2,4H,3,13-14H2,1H3,(H,15,16)(H,18,19,20);/q;+1/p-1. The number of nitrogens with one attached hydrogen (secondary N) is 1. The summed E-state index contributed by atoms with van der Waals surface area (Å²) in [6.45, 7) is 1.50. The SMILES string of the molecule is Cc1c(CC(=O)NN)c(=O)oc2cc(N)c(S(=O)(=O)[O-])cc12.[Na+]. The predicted octanol–water partition coefficient (Wildman–Crippen LogP) is -3.88. The number of fused-ring (bicyclic) bond motifs is 1. The number of benzene rings is 1. The van der Waals surface area contributed by atoms with E-state index in [4.69, 9.17) is 16.0 Å². The van der Waals surface area contributed by atoms with Crippen molar-refractivity contribution in [2.75, 3.05) is 5.73 Å². The van der Waals surface area contributed by atoms with Gasteiger partial charge in [-0.15, -0.1) is 0 Å². The Morgan fingerprint density at radius 2 is 2.00 bits per heavy atom. The molecule has 0 saturated heterocycles. The summed E-state index contributed by atoms with van der Waals surface area (Å²) in [5.41, 5.74) is 6.60. The number of hydrogen-bond donors (Lipinski definition) is 3. The molecule has 0 bridgehead atoms. The summed E-state index contributed by atoms with van der Waals surface area (Å²) in [5.74, 6) is 4.34. The van der Waals surface area contributed by atoms with E-state index in [1.807, 2.05) is 5.43 Å². The molecule has 1 heterocycles. The molecule has 0 aliphatic heterocycles. The Morgan fingerprint density at radius 3 is 2.52 bits per heavy atom. The Balaban J connectivity index is 0.00000264. The third-order valence-corrected chi connectivity index (χ3v) is 4.08. The van der Waals surface area contributed by atoms with Crippen molar-refractivity contribution in [2.45, 2.75) is 18.2 Å². The second-order valence-corrected chi connectivity index (χ2v) is 5.93. The fourth-order valence-corrected chi connectivity index (χ4v) is 2.67. The van der Waals surface area contributed by atoms with Crippen LogP contribution in [0.5, 0.6) is 0 Å². The largest absolute Gasteiger partial charge is 1.00 e. The van der Waals surface area contributed by atoms with Crippen LogP contribution in [0.15, 0.2) is 26.2 Å². The van der Waals surface area contributed by atoms with Crippen molar-refractivity contribution >= 4 is 32.7 Å². The van der Waals surface area contributed by atoms with E-state index in [2.05, 4.69) is 0 Å². The number of anilines is 1. The van der Waals surface area contributed by atoms with E-state index in [9.17, 15) is 22.6 Å². The maximum absolute atomic E-state index is 11.9. The molecule has 0 aliphatic carbocycles. The fraction of sp³-hybridized carbons (Fsp3) is 0.167. The molecule has 0 atom stereocenters. The van der Waals surface area contributed by atoms with E-state index >= 15 is 0 Å². The Kier molecular flexibility index (Phi) is 5.96. The van der Waals surface area contributed by atoms with Gasteiger partial charge >= 0.3 is 35.2 Å². The maximum atomic E-state index is 11.9. The Morgan fingerprint density at radius 1 is 1.39 bits per heavy atom. The van der Waals surface area contributed by atoms with Gasteiger partial charge in [-0.2, -0.15) is 0 Å². The number of amides is 1. The van der Waals surface area contributed by atoms with E-state index in [1.54, 1.807) is 0 Å². The van der Waals surface area contributed by atoms with Gasteiger partial charge in [0.1, 0.15) is 15.7 Å². The topological polar surface area (TPSA) is 169 Å². The van der Waals surface area contributed by atoms with E-state index < -0.39 is 26.5 Å². The minimum atomic E-state index is -4.79. The molecule has 11 heteroatoms. The molecule has 0 aliphatic rings. The molecule has 1 aromatic carbocycles. The molecule has 0 radical (unpaired) electrons. The Bertz CT molecular complexity index is 938. The summed E-state index contributed by atoms with van der Waals surface area (Å²) < 4.78 is 38.5. The molecule has 0 unspecified atom stereocenters. The Labute approximate surface area is 153 Å². The van der Waals surface area contributed by atoms with Gasteiger partial charge in [-0.25, -0.2) is 19.1 Å². The van der Waals surface area contributed by atoms with Gasteiger partial charge in [0.15, 0.2) is 0 Å². The smallest absolute Gasteiger partial charge is 0.744 e. The Hall–Kier alpha value is -1.43. The quantitative estimate of drug-likeness (QED) is 0.0961. The normalized spacial score (nSPS) is 11.1. The number of hydrazine groups is 1. The summed E-state index contributed by atoms with van der Waals surface area (Å²) in [6.07, 6.45) is -0.343. The van der Waals surface area contributed by atoms with Crippen molar-refractivity contribution in [2.24, 2.45) is 5.84 Å². The summed E-state index contributed by atoms with van der Waals surface area (Å²) in [6, 6.07) is 2.11. The number of aryl methyl sites for hydroxylation is 1. The third kappa shape index (κ3) is 3.91. The minimum absolute atomic E-state index is 0. The van der Waals surface area contributed by atoms with Gasteiger partial charge in [-0.05, 0) is 18.6 Å². The number of rotatable bonds is 3. The molecule has 5 N–H and O–H groups in total. The molecule has 0 spiro atoms. The van der Waals surface area contributed by atoms with Crippen LogP contribution in [0.1, 0.15) is 11.1 Å². The molecule has 0 saturated carbocycles. The molecule has 1 amide bonds. The van der Waals surface area contributed by atoms with E-state index in [-0.39, 0.29) is 58.2 Å². The zero-order valence-electron chi connectivity index (χ0n) is 12.4. The molecule has 9 nitrogen and oxygen atoms in total. The zero-order chi connectivity index (χ0) is 16.7. The van der Waals surface area contributed by atoms with E-state index in [0.717, 1.165) is 12.1 Å². The van der Waals surface area contributed by atoms with Gasteiger partial charge in [-0.1, -0.05) is 0 Å². The van der Waals surface area contributed by atoms with Crippen LogP contribution in [0.3, 0.4) is 0 Å². The first-order valence-corrected chi connectivity index (χ1v) is 7.37. The van der Waals surface area contributed by atoms with Crippen LogP contribution in [0.25, 0.3) is 11.0 Å². The fourth-order valence-electron chi connectivity index (χ4n) is 2.06. The van der Waals surface area contributed by atoms with Crippen molar-refractivity contribution in [3.8, 4) is 0 Å². The first-order chi connectivity index (χ1) is 10.1. The summed E-state index contributed by atoms with van der Waals surface area (Å²) in [7, 11) is -4.79. The van der Waals surface area contributed by atoms with Gasteiger partial charge in [0.25, 0.3) is 0 Å². The average Bonchev–Trinajstić information content (AvgIpc) is 2.41. The van der Waals surface area contributed by atoms with Crippen molar-refractivity contribution < 1.29 is 51.7 Å². The molecule has 23 heavy (non-hydrogen) atoms. The molecular formula is C12H12N3NaO6S. The molecular weight excluding hydrogens is 337 g/mol. The second-order valence-electron chi connectivity index (χ2n) is 4.58. The second kappa shape index (κ2) is 6.99. The monoisotopic (exact) mass is 349 g/mol. The van der Waals surface area contributed by atoms with E-state index in [0.29, 0.717) is 5.56 Å². The van der Waals surface area contributed by atoms with Gasteiger partial charge in [0.05, 0.1) is 22.6 Å². The first kappa shape index (κ1) is 19.6. The molecule has 0 fully saturated rings.